The van der Waals surface area contributed by atoms with E-state index in [1.807, 2.05) is 0 Å². The molecule has 0 saturated carbocycles. The van der Waals surface area contributed by atoms with Crippen molar-refractivity contribution in [3.8, 4) is 0 Å². The van der Waals surface area contributed by atoms with Gasteiger partial charge in [-0.15, -0.1) is 0 Å². The molecular formula is C8H16O3S. The maximum atomic E-state index is 10.5. The fourth-order valence-corrected chi connectivity index (χ4v) is 1.27. The van der Waals surface area contributed by atoms with Gasteiger partial charge in [0.05, 0.1) is 5.92 Å². The standard InChI is InChI=1S/C8H16O3S/c1-11-5-3-2-4-7(6-12)8(9)10/h7,12H,2-6H2,1H3,(H,9,10). The smallest absolute Gasteiger partial charge is 0.307 e. The summed E-state index contributed by atoms with van der Waals surface area (Å²) in [6, 6.07) is 0. The molecule has 12 heavy (non-hydrogen) atoms. The molecule has 0 aliphatic rings. The monoisotopic (exact) mass is 192 g/mol. The third kappa shape index (κ3) is 5.43. The van der Waals surface area contributed by atoms with Crippen molar-refractivity contribution in [1.82, 2.24) is 0 Å². The average molecular weight is 192 g/mol. The van der Waals surface area contributed by atoms with Gasteiger partial charge in [0.1, 0.15) is 0 Å². The molecule has 0 amide bonds. The fourth-order valence-electron chi connectivity index (χ4n) is 0.930. The summed E-state index contributed by atoms with van der Waals surface area (Å²) in [6.45, 7) is 0.707. The quantitative estimate of drug-likeness (QED) is 0.474. The van der Waals surface area contributed by atoms with Crippen LogP contribution in [-0.4, -0.2) is 30.5 Å². The Morgan fingerprint density at radius 2 is 2.25 bits per heavy atom. The summed E-state index contributed by atoms with van der Waals surface area (Å²) in [7, 11) is 1.65. The van der Waals surface area contributed by atoms with Crippen molar-refractivity contribution in [2.24, 2.45) is 5.92 Å². The number of hydrogen-bond donors (Lipinski definition) is 2. The molecule has 4 heteroatoms. The van der Waals surface area contributed by atoms with Crippen LogP contribution in [0.1, 0.15) is 19.3 Å². The molecule has 0 rings (SSSR count). The van der Waals surface area contributed by atoms with Crippen LogP contribution in [0, 0.1) is 5.92 Å². The molecule has 0 saturated heterocycles. The van der Waals surface area contributed by atoms with E-state index >= 15 is 0 Å². The Labute approximate surface area is 78.5 Å². The van der Waals surface area contributed by atoms with Crippen LogP contribution in [0.25, 0.3) is 0 Å². The van der Waals surface area contributed by atoms with Crippen LogP contribution in [0.5, 0.6) is 0 Å². The summed E-state index contributed by atoms with van der Waals surface area (Å²) in [4.78, 5) is 10.5. The van der Waals surface area contributed by atoms with Gasteiger partial charge in [-0.1, -0.05) is 6.42 Å². The first kappa shape index (κ1) is 11.8. The number of hydrogen-bond acceptors (Lipinski definition) is 3. The first-order valence-electron chi connectivity index (χ1n) is 4.05. The predicted octanol–water partition coefficient (Wildman–Crippen LogP) is 1.43. The van der Waals surface area contributed by atoms with Gasteiger partial charge in [-0.3, -0.25) is 4.79 Å². The molecule has 0 heterocycles. The lowest BCUT2D eigenvalue weighted by molar-refractivity contribution is -0.141. The van der Waals surface area contributed by atoms with Gasteiger partial charge in [0.25, 0.3) is 0 Å². The number of unbranched alkanes of at least 4 members (excludes halogenated alkanes) is 1. The minimum absolute atomic E-state index is 0.301. The van der Waals surface area contributed by atoms with Gasteiger partial charge in [-0.2, -0.15) is 12.6 Å². The van der Waals surface area contributed by atoms with Crippen LogP contribution in [0.4, 0.5) is 0 Å². The summed E-state index contributed by atoms with van der Waals surface area (Å²) in [5.41, 5.74) is 0. The van der Waals surface area contributed by atoms with E-state index < -0.39 is 5.97 Å². The Bertz CT molecular complexity index is 127. The molecule has 0 radical (unpaired) electrons. The van der Waals surface area contributed by atoms with Crippen LogP contribution < -0.4 is 0 Å². The number of ether oxygens (including phenoxy) is 1. The highest BCUT2D eigenvalue weighted by Gasteiger charge is 2.13. The molecule has 72 valence electrons. The molecule has 1 unspecified atom stereocenters. The van der Waals surface area contributed by atoms with Crippen molar-refractivity contribution in [3.05, 3.63) is 0 Å². The second-order valence-corrected chi connectivity index (χ2v) is 3.07. The van der Waals surface area contributed by atoms with Gasteiger partial charge < -0.3 is 9.84 Å². The molecule has 0 spiro atoms. The van der Waals surface area contributed by atoms with Gasteiger partial charge in [0.15, 0.2) is 0 Å². The number of carbonyl (C=O) groups is 1. The molecule has 1 atom stereocenters. The first-order chi connectivity index (χ1) is 5.72. The Hall–Kier alpha value is -0.220. The maximum Gasteiger partial charge on any atom is 0.307 e. The zero-order valence-electron chi connectivity index (χ0n) is 7.32. The lowest BCUT2D eigenvalue weighted by Crippen LogP contribution is -2.15. The highest BCUT2D eigenvalue weighted by Crippen LogP contribution is 2.10. The Balaban J connectivity index is 3.38. The Morgan fingerprint density at radius 1 is 1.58 bits per heavy atom. The zero-order valence-corrected chi connectivity index (χ0v) is 8.22. The van der Waals surface area contributed by atoms with E-state index in [-0.39, 0.29) is 5.92 Å². The van der Waals surface area contributed by atoms with E-state index in [0.717, 1.165) is 12.8 Å². The van der Waals surface area contributed by atoms with E-state index in [4.69, 9.17) is 9.84 Å². The third-order valence-corrected chi connectivity index (χ3v) is 2.16. The van der Waals surface area contributed by atoms with E-state index in [1.165, 1.54) is 0 Å². The van der Waals surface area contributed by atoms with Crippen LogP contribution in [0.3, 0.4) is 0 Å². The first-order valence-corrected chi connectivity index (χ1v) is 4.68. The maximum absolute atomic E-state index is 10.5. The van der Waals surface area contributed by atoms with Crippen LogP contribution in [0.15, 0.2) is 0 Å². The molecule has 0 aromatic carbocycles. The highest BCUT2D eigenvalue weighted by molar-refractivity contribution is 7.80. The van der Waals surface area contributed by atoms with Crippen molar-refractivity contribution in [2.45, 2.75) is 19.3 Å². The summed E-state index contributed by atoms with van der Waals surface area (Å²) >= 11 is 3.97. The number of carboxylic acids is 1. The van der Waals surface area contributed by atoms with Crippen LogP contribution >= 0.6 is 12.6 Å². The Kier molecular flexibility index (Phi) is 7.29. The van der Waals surface area contributed by atoms with E-state index in [0.29, 0.717) is 18.8 Å². The van der Waals surface area contributed by atoms with Crippen LogP contribution in [-0.2, 0) is 9.53 Å². The summed E-state index contributed by atoms with van der Waals surface area (Å²) < 4.78 is 4.85. The molecule has 1 N–H and O–H groups in total. The third-order valence-electron chi connectivity index (χ3n) is 1.72. The fraction of sp³-hybridized carbons (Fsp3) is 0.875. The normalized spacial score (nSPS) is 12.8. The van der Waals surface area contributed by atoms with Crippen LogP contribution in [0.2, 0.25) is 0 Å². The van der Waals surface area contributed by atoms with E-state index in [9.17, 15) is 4.79 Å². The zero-order chi connectivity index (χ0) is 9.40. The molecule has 0 fully saturated rings. The van der Waals surface area contributed by atoms with E-state index in [2.05, 4.69) is 12.6 Å². The molecule has 3 nitrogen and oxygen atoms in total. The van der Waals surface area contributed by atoms with Crippen molar-refractivity contribution in [2.75, 3.05) is 19.5 Å². The Morgan fingerprint density at radius 3 is 2.67 bits per heavy atom. The largest absolute Gasteiger partial charge is 0.481 e. The SMILES string of the molecule is COCCCCC(CS)C(=O)O. The second kappa shape index (κ2) is 7.43. The molecule has 0 aromatic heterocycles. The number of rotatable bonds is 7. The van der Waals surface area contributed by atoms with Crippen molar-refractivity contribution in [1.29, 1.82) is 0 Å². The number of carboxylic acid groups (broad SMARTS) is 1. The highest BCUT2D eigenvalue weighted by atomic mass is 32.1. The summed E-state index contributed by atoms with van der Waals surface area (Å²) in [5, 5.41) is 8.65. The average Bonchev–Trinajstić information content (AvgIpc) is 2.04. The van der Waals surface area contributed by atoms with Crippen molar-refractivity contribution >= 4 is 18.6 Å². The van der Waals surface area contributed by atoms with Gasteiger partial charge in [0.2, 0.25) is 0 Å². The number of aliphatic carboxylic acids is 1. The molecule has 0 aromatic rings. The van der Waals surface area contributed by atoms with Crippen molar-refractivity contribution in [3.63, 3.8) is 0 Å². The molecule has 0 aliphatic carbocycles. The van der Waals surface area contributed by atoms with Gasteiger partial charge in [-0.05, 0) is 12.8 Å². The minimum atomic E-state index is -0.748. The minimum Gasteiger partial charge on any atom is -0.481 e. The lowest BCUT2D eigenvalue weighted by Gasteiger charge is -2.07. The van der Waals surface area contributed by atoms with Crippen molar-refractivity contribution < 1.29 is 14.6 Å². The lowest BCUT2D eigenvalue weighted by atomic mass is 10.0. The predicted molar refractivity (Wildman–Crippen MR) is 50.7 cm³/mol. The van der Waals surface area contributed by atoms with E-state index in [1.54, 1.807) is 7.11 Å². The van der Waals surface area contributed by atoms with Gasteiger partial charge in [-0.25, -0.2) is 0 Å². The topological polar surface area (TPSA) is 46.5 Å². The molecular weight excluding hydrogens is 176 g/mol. The molecule has 0 bridgehead atoms. The summed E-state index contributed by atoms with van der Waals surface area (Å²) in [6.07, 6.45) is 2.52. The van der Waals surface area contributed by atoms with Gasteiger partial charge >= 0.3 is 5.97 Å². The number of thiol groups is 1. The van der Waals surface area contributed by atoms with Gasteiger partial charge in [0, 0.05) is 19.5 Å². The second-order valence-electron chi connectivity index (χ2n) is 2.71. The molecule has 0 aliphatic heterocycles. The summed E-state index contributed by atoms with van der Waals surface area (Å²) in [5.74, 6) is -0.630. The number of methoxy groups -OCH3 is 1.